The van der Waals surface area contributed by atoms with Crippen LogP contribution in [-0.2, 0) is 15.1 Å². The first-order valence-electron chi connectivity index (χ1n) is 10.9. The number of fused-ring (bicyclic) bond motifs is 1. The molecule has 1 atom stereocenters. The zero-order valence-electron chi connectivity index (χ0n) is 18.2. The molecule has 0 saturated carbocycles. The smallest absolute Gasteiger partial charge is 0.319 e. The number of anilines is 1. The average Bonchev–Trinajstić information content (AvgIpc) is 3.35. The fourth-order valence-corrected chi connectivity index (χ4v) is 4.69. The molecule has 33 heavy (non-hydrogen) atoms. The zero-order chi connectivity index (χ0) is 23.2. The van der Waals surface area contributed by atoms with Crippen LogP contribution in [0, 0.1) is 0 Å². The monoisotopic (exact) mass is 441 g/mol. The molecule has 7 heteroatoms. The third-order valence-electron chi connectivity index (χ3n) is 6.46. The number of carbonyl (C=O) groups is 4. The topological polar surface area (TPSA) is 86.8 Å². The maximum absolute atomic E-state index is 13.4. The van der Waals surface area contributed by atoms with Crippen LogP contribution in [0.4, 0.5) is 10.5 Å². The first-order chi connectivity index (χ1) is 15.9. The van der Waals surface area contributed by atoms with Crippen LogP contribution in [0.1, 0.15) is 35.7 Å². The standard InChI is InChI=1S/C26H23N3O4/c1-26(21-12-5-8-17-7-2-3-11-20(17)21)24(32)29(25(33)27-26)16-22(30)18-9-4-10-19(15-18)28-14-6-13-23(28)31/h2-5,7-12,15H,6,13-14,16H2,1H3,(H,27,33). The number of benzene rings is 3. The number of hydrogen-bond donors (Lipinski definition) is 1. The summed E-state index contributed by atoms with van der Waals surface area (Å²) in [6, 6.07) is 19.4. The van der Waals surface area contributed by atoms with Gasteiger partial charge >= 0.3 is 6.03 Å². The van der Waals surface area contributed by atoms with Crippen molar-refractivity contribution < 1.29 is 19.2 Å². The molecule has 5 rings (SSSR count). The molecule has 2 saturated heterocycles. The lowest BCUT2D eigenvalue weighted by Gasteiger charge is -2.24. The Morgan fingerprint density at radius 3 is 2.55 bits per heavy atom. The van der Waals surface area contributed by atoms with E-state index < -0.39 is 17.5 Å². The quantitative estimate of drug-likeness (QED) is 0.484. The number of nitrogens with one attached hydrogen (secondary N) is 1. The second-order valence-electron chi connectivity index (χ2n) is 8.60. The van der Waals surface area contributed by atoms with Gasteiger partial charge in [-0.3, -0.25) is 19.3 Å². The fourth-order valence-electron chi connectivity index (χ4n) is 4.69. The molecule has 7 nitrogen and oxygen atoms in total. The van der Waals surface area contributed by atoms with Crippen molar-refractivity contribution >= 4 is 40.1 Å². The molecule has 2 fully saturated rings. The molecule has 0 spiro atoms. The summed E-state index contributed by atoms with van der Waals surface area (Å²) in [7, 11) is 0. The lowest BCUT2D eigenvalue weighted by Crippen LogP contribution is -2.41. The number of amides is 4. The van der Waals surface area contributed by atoms with Crippen molar-refractivity contribution in [1.29, 1.82) is 0 Å². The molecule has 3 aromatic rings. The normalized spacial score (nSPS) is 20.6. The van der Waals surface area contributed by atoms with E-state index in [1.807, 2.05) is 42.5 Å². The van der Waals surface area contributed by atoms with Crippen LogP contribution in [0.3, 0.4) is 0 Å². The van der Waals surface area contributed by atoms with E-state index in [1.54, 1.807) is 36.1 Å². The maximum Gasteiger partial charge on any atom is 0.325 e. The highest BCUT2D eigenvalue weighted by Gasteiger charge is 2.50. The van der Waals surface area contributed by atoms with Crippen molar-refractivity contribution in [3.8, 4) is 0 Å². The predicted octanol–water partition coefficient (Wildman–Crippen LogP) is 3.62. The predicted molar refractivity (Wildman–Crippen MR) is 124 cm³/mol. The molecule has 3 aromatic carbocycles. The van der Waals surface area contributed by atoms with Crippen LogP contribution < -0.4 is 10.2 Å². The molecular weight excluding hydrogens is 418 g/mol. The lowest BCUT2D eigenvalue weighted by molar-refractivity contribution is -0.130. The Morgan fingerprint density at radius 2 is 1.76 bits per heavy atom. The van der Waals surface area contributed by atoms with Gasteiger partial charge in [0.15, 0.2) is 5.78 Å². The molecule has 1 unspecified atom stereocenters. The van der Waals surface area contributed by atoms with Gasteiger partial charge in [0.05, 0.1) is 6.54 Å². The third-order valence-corrected chi connectivity index (χ3v) is 6.46. The summed E-state index contributed by atoms with van der Waals surface area (Å²) in [5.74, 6) is -0.809. The molecular formula is C26H23N3O4. The van der Waals surface area contributed by atoms with Crippen molar-refractivity contribution in [1.82, 2.24) is 10.2 Å². The van der Waals surface area contributed by atoms with E-state index in [4.69, 9.17) is 0 Å². The highest BCUT2D eigenvalue weighted by molar-refractivity contribution is 6.12. The highest BCUT2D eigenvalue weighted by atomic mass is 16.2. The van der Waals surface area contributed by atoms with Gasteiger partial charge in [0.25, 0.3) is 5.91 Å². The van der Waals surface area contributed by atoms with Crippen LogP contribution in [0.25, 0.3) is 10.8 Å². The third kappa shape index (κ3) is 3.46. The van der Waals surface area contributed by atoms with Crippen LogP contribution in [-0.4, -0.2) is 41.6 Å². The maximum atomic E-state index is 13.4. The Morgan fingerprint density at radius 1 is 1.00 bits per heavy atom. The van der Waals surface area contributed by atoms with Gasteiger partial charge in [-0.1, -0.05) is 54.6 Å². The lowest BCUT2D eigenvalue weighted by atomic mass is 9.88. The van der Waals surface area contributed by atoms with Gasteiger partial charge in [-0.05, 0) is 41.8 Å². The fraction of sp³-hybridized carbons (Fsp3) is 0.231. The molecule has 2 aliphatic rings. The van der Waals surface area contributed by atoms with Gasteiger partial charge in [0.2, 0.25) is 5.91 Å². The van der Waals surface area contributed by atoms with E-state index in [-0.39, 0.29) is 18.2 Å². The van der Waals surface area contributed by atoms with Gasteiger partial charge in [-0.25, -0.2) is 4.79 Å². The van der Waals surface area contributed by atoms with Gasteiger partial charge in [0.1, 0.15) is 5.54 Å². The SMILES string of the molecule is CC1(c2cccc3ccccc23)NC(=O)N(CC(=O)c2cccc(N3CCCC3=O)c2)C1=O. The number of imide groups is 1. The number of rotatable bonds is 5. The molecule has 2 heterocycles. The van der Waals surface area contributed by atoms with E-state index in [9.17, 15) is 19.2 Å². The van der Waals surface area contributed by atoms with Gasteiger partial charge in [0, 0.05) is 24.2 Å². The summed E-state index contributed by atoms with van der Waals surface area (Å²) in [5.41, 5.74) is 0.415. The molecule has 166 valence electrons. The average molecular weight is 441 g/mol. The summed E-state index contributed by atoms with van der Waals surface area (Å²) in [5, 5.41) is 4.62. The van der Waals surface area contributed by atoms with Crippen molar-refractivity contribution in [3.63, 3.8) is 0 Å². The van der Waals surface area contributed by atoms with Crippen molar-refractivity contribution in [3.05, 3.63) is 77.9 Å². The first kappa shape index (κ1) is 20.9. The van der Waals surface area contributed by atoms with Crippen molar-refractivity contribution in [2.45, 2.75) is 25.3 Å². The van der Waals surface area contributed by atoms with Crippen LogP contribution in [0.5, 0.6) is 0 Å². The minimum Gasteiger partial charge on any atom is -0.319 e. The Labute approximate surface area is 191 Å². The first-order valence-corrected chi connectivity index (χ1v) is 10.9. The minimum absolute atomic E-state index is 0.0274. The second-order valence-corrected chi connectivity index (χ2v) is 8.60. The molecule has 4 amide bonds. The summed E-state index contributed by atoms with van der Waals surface area (Å²) in [6.45, 7) is 1.91. The largest absolute Gasteiger partial charge is 0.325 e. The number of nitrogens with zero attached hydrogens (tertiary/aromatic N) is 2. The van der Waals surface area contributed by atoms with E-state index in [1.165, 1.54) is 0 Å². The summed E-state index contributed by atoms with van der Waals surface area (Å²) >= 11 is 0. The van der Waals surface area contributed by atoms with Crippen LogP contribution in [0.15, 0.2) is 66.7 Å². The Hall–Kier alpha value is -4.00. The number of carbonyl (C=O) groups excluding carboxylic acids is 4. The van der Waals surface area contributed by atoms with E-state index in [2.05, 4.69) is 5.32 Å². The summed E-state index contributed by atoms with van der Waals surface area (Å²) in [6.07, 6.45) is 1.28. The van der Waals surface area contributed by atoms with Crippen LogP contribution >= 0.6 is 0 Å². The Kier molecular flexibility index (Phi) is 4.96. The Balaban J connectivity index is 1.41. The zero-order valence-corrected chi connectivity index (χ0v) is 18.2. The van der Waals surface area contributed by atoms with Crippen molar-refractivity contribution in [2.75, 3.05) is 18.0 Å². The van der Waals surface area contributed by atoms with E-state index in [0.717, 1.165) is 22.1 Å². The van der Waals surface area contributed by atoms with Gasteiger partial charge in [-0.15, -0.1) is 0 Å². The molecule has 0 aliphatic carbocycles. The second kappa shape index (κ2) is 7.85. The molecule has 0 bridgehead atoms. The number of ketones is 1. The number of hydrogen-bond acceptors (Lipinski definition) is 4. The van der Waals surface area contributed by atoms with Gasteiger partial charge in [-0.2, -0.15) is 0 Å². The summed E-state index contributed by atoms with van der Waals surface area (Å²) < 4.78 is 0. The number of urea groups is 1. The van der Waals surface area contributed by atoms with Crippen molar-refractivity contribution in [2.24, 2.45) is 0 Å². The molecule has 2 aliphatic heterocycles. The summed E-state index contributed by atoms with van der Waals surface area (Å²) in [4.78, 5) is 53.9. The van der Waals surface area contributed by atoms with E-state index in [0.29, 0.717) is 29.8 Å². The van der Waals surface area contributed by atoms with E-state index >= 15 is 0 Å². The molecule has 0 aromatic heterocycles. The minimum atomic E-state index is -1.28. The Bertz CT molecular complexity index is 1310. The van der Waals surface area contributed by atoms with Crippen LogP contribution in [0.2, 0.25) is 0 Å². The van der Waals surface area contributed by atoms with Gasteiger partial charge < -0.3 is 10.2 Å². The highest BCUT2D eigenvalue weighted by Crippen LogP contribution is 2.34. The molecule has 1 N–H and O–H groups in total. The number of Topliss-reactive ketones (excluding diaryl/α,β-unsaturated/α-hetero) is 1. The molecule has 0 radical (unpaired) electrons.